The first kappa shape index (κ1) is 10.4. The third-order valence-electron chi connectivity index (χ3n) is 3.13. The zero-order valence-electron chi connectivity index (χ0n) is 9.33. The summed E-state index contributed by atoms with van der Waals surface area (Å²) in [4.78, 5) is 4.15. The minimum absolute atomic E-state index is 0.208. The smallest absolute Gasteiger partial charge is 0.133 e. The average Bonchev–Trinajstić information content (AvgIpc) is 3.00. The Balaban J connectivity index is 1.89. The average molecular weight is 206 g/mol. The molecule has 0 radical (unpaired) electrons. The second-order valence-corrected chi connectivity index (χ2v) is 4.86. The van der Waals surface area contributed by atoms with Crippen LogP contribution in [0.2, 0.25) is 0 Å². The number of hydrogen-bond donors (Lipinski definition) is 2. The van der Waals surface area contributed by atoms with Gasteiger partial charge in [-0.2, -0.15) is 0 Å². The highest BCUT2D eigenvalue weighted by Gasteiger charge is 2.37. The molecule has 0 unspecified atom stereocenters. The molecule has 0 spiro atoms. The van der Waals surface area contributed by atoms with Crippen LogP contribution in [0.15, 0.2) is 18.3 Å². The fourth-order valence-corrected chi connectivity index (χ4v) is 1.79. The Morgan fingerprint density at radius 1 is 1.47 bits per heavy atom. The molecule has 1 saturated carbocycles. The van der Waals surface area contributed by atoms with E-state index in [0.717, 1.165) is 18.2 Å². The van der Waals surface area contributed by atoms with Crippen molar-refractivity contribution in [2.24, 2.45) is 5.92 Å². The summed E-state index contributed by atoms with van der Waals surface area (Å²) in [6.45, 7) is 5.25. The molecule has 0 atom stereocenters. The van der Waals surface area contributed by atoms with E-state index in [1.54, 1.807) is 6.07 Å². The minimum atomic E-state index is 0.208. The van der Waals surface area contributed by atoms with Gasteiger partial charge in [-0.25, -0.2) is 0 Å². The SMILES string of the molecule is CC(C)(NCc1ccc(O)cn1)C1CC1. The van der Waals surface area contributed by atoms with Gasteiger partial charge in [-0.15, -0.1) is 0 Å². The predicted molar refractivity (Wildman–Crippen MR) is 59.5 cm³/mol. The molecule has 0 aromatic carbocycles. The topological polar surface area (TPSA) is 45.1 Å². The Labute approximate surface area is 90.5 Å². The molecule has 3 nitrogen and oxygen atoms in total. The van der Waals surface area contributed by atoms with Crippen LogP contribution in [0, 0.1) is 5.92 Å². The molecule has 0 bridgehead atoms. The van der Waals surface area contributed by atoms with E-state index in [-0.39, 0.29) is 11.3 Å². The molecule has 1 aromatic heterocycles. The van der Waals surface area contributed by atoms with E-state index in [9.17, 15) is 0 Å². The predicted octanol–water partition coefficient (Wildman–Crippen LogP) is 2.07. The number of pyridine rings is 1. The van der Waals surface area contributed by atoms with Crippen molar-refractivity contribution < 1.29 is 5.11 Å². The molecule has 82 valence electrons. The monoisotopic (exact) mass is 206 g/mol. The standard InChI is InChI=1S/C12H18N2O/c1-12(2,9-3-4-9)14-7-10-5-6-11(15)8-13-10/h5-6,8-9,14-15H,3-4,7H2,1-2H3. The number of aromatic nitrogens is 1. The Hall–Kier alpha value is -1.09. The van der Waals surface area contributed by atoms with Crippen LogP contribution in [0.25, 0.3) is 0 Å². The summed E-state index contributed by atoms with van der Waals surface area (Å²) in [5, 5.41) is 12.6. The van der Waals surface area contributed by atoms with Gasteiger partial charge in [-0.05, 0) is 44.7 Å². The van der Waals surface area contributed by atoms with Crippen LogP contribution in [0.3, 0.4) is 0 Å². The van der Waals surface area contributed by atoms with Crippen LogP contribution in [0.5, 0.6) is 5.75 Å². The maximum absolute atomic E-state index is 9.10. The zero-order chi connectivity index (χ0) is 10.9. The third-order valence-corrected chi connectivity index (χ3v) is 3.13. The van der Waals surface area contributed by atoms with E-state index in [0.29, 0.717) is 0 Å². The molecular weight excluding hydrogens is 188 g/mol. The van der Waals surface area contributed by atoms with Crippen LogP contribution in [0.1, 0.15) is 32.4 Å². The molecule has 3 heteroatoms. The summed E-state index contributed by atoms with van der Waals surface area (Å²) >= 11 is 0. The molecule has 1 aliphatic carbocycles. The number of nitrogens with zero attached hydrogens (tertiary/aromatic N) is 1. The fourth-order valence-electron chi connectivity index (χ4n) is 1.79. The zero-order valence-corrected chi connectivity index (χ0v) is 9.33. The first-order valence-electron chi connectivity index (χ1n) is 5.47. The third kappa shape index (κ3) is 2.69. The molecular formula is C12H18N2O. The second-order valence-electron chi connectivity index (χ2n) is 4.86. The Morgan fingerprint density at radius 2 is 2.20 bits per heavy atom. The molecule has 1 fully saturated rings. The molecule has 2 N–H and O–H groups in total. The lowest BCUT2D eigenvalue weighted by atomic mass is 9.99. The fraction of sp³-hybridized carbons (Fsp3) is 0.583. The molecule has 15 heavy (non-hydrogen) atoms. The molecule has 0 aliphatic heterocycles. The van der Waals surface area contributed by atoms with Gasteiger partial charge in [0.1, 0.15) is 5.75 Å². The van der Waals surface area contributed by atoms with Gasteiger partial charge in [0.2, 0.25) is 0 Å². The number of rotatable bonds is 4. The maximum Gasteiger partial charge on any atom is 0.133 e. The van der Waals surface area contributed by atoms with Crippen molar-refractivity contribution in [1.29, 1.82) is 0 Å². The van der Waals surface area contributed by atoms with Gasteiger partial charge < -0.3 is 10.4 Å². The van der Waals surface area contributed by atoms with Gasteiger partial charge in [0, 0.05) is 12.1 Å². The summed E-state index contributed by atoms with van der Waals surface area (Å²) in [5.41, 5.74) is 1.18. The van der Waals surface area contributed by atoms with Gasteiger partial charge in [-0.3, -0.25) is 4.98 Å². The van der Waals surface area contributed by atoms with Gasteiger partial charge in [0.15, 0.2) is 0 Å². The first-order valence-corrected chi connectivity index (χ1v) is 5.47. The van der Waals surface area contributed by atoms with E-state index in [1.807, 2.05) is 6.07 Å². The normalized spacial score (nSPS) is 16.7. The highest BCUT2D eigenvalue weighted by atomic mass is 16.3. The van der Waals surface area contributed by atoms with Crippen LogP contribution < -0.4 is 5.32 Å². The maximum atomic E-state index is 9.10. The Kier molecular flexibility index (Phi) is 2.65. The lowest BCUT2D eigenvalue weighted by molar-refractivity contribution is 0.337. The van der Waals surface area contributed by atoms with E-state index < -0.39 is 0 Å². The van der Waals surface area contributed by atoms with Gasteiger partial charge in [0.25, 0.3) is 0 Å². The van der Waals surface area contributed by atoms with E-state index in [2.05, 4.69) is 24.1 Å². The van der Waals surface area contributed by atoms with Gasteiger partial charge >= 0.3 is 0 Å². The van der Waals surface area contributed by atoms with Crippen molar-refractivity contribution in [3.05, 3.63) is 24.0 Å². The largest absolute Gasteiger partial charge is 0.506 e. The molecule has 1 heterocycles. The van der Waals surface area contributed by atoms with Gasteiger partial charge in [-0.1, -0.05) is 0 Å². The minimum Gasteiger partial charge on any atom is -0.506 e. The second kappa shape index (κ2) is 3.81. The number of nitrogens with one attached hydrogen (secondary N) is 1. The van der Waals surface area contributed by atoms with Crippen LogP contribution in [-0.2, 0) is 6.54 Å². The molecule has 2 rings (SSSR count). The molecule has 0 saturated heterocycles. The van der Waals surface area contributed by atoms with Crippen LogP contribution in [-0.4, -0.2) is 15.6 Å². The highest BCUT2D eigenvalue weighted by molar-refractivity contribution is 5.18. The van der Waals surface area contributed by atoms with E-state index in [1.165, 1.54) is 19.0 Å². The lowest BCUT2D eigenvalue weighted by Crippen LogP contribution is -2.40. The van der Waals surface area contributed by atoms with Crippen molar-refractivity contribution in [1.82, 2.24) is 10.3 Å². The molecule has 1 aromatic rings. The molecule has 0 amide bonds. The summed E-state index contributed by atoms with van der Waals surface area (Å²) < 4.78 is 0. The highest BCUT2D eigenvalue weighted by Crippen LogP contribution is 2.39. The Bertz CT molecular complexity index is 328. The van der Waals surface area contributed by atoms with E-state index in [4.69, 9.17) is 5.11 Å². The van der Waals surface area contributed by atoms with Crippen LogP contribution in [0.4, 0.5) is 0 Å². The number of aromatic hydroxyl groups is 1. The Morgan fingerprint density at radius 3 is 2.73 bits per heavy atom. The van der Waals surface area contributed by atoms with Gasteiger partial charge in [0.05, 0.1) is 11.9 Å². The van der Waals surface area contributed by atoms with Crippen molar-refractivity contribution in [2.75, 3.05) is 0 Å². The quantitative estimate of drug-likeness (QED) is 0.792. The van der Waals surface area contributed by atoms with Crippen molar-refractivity contribution in [3.63, 3.8) is 0 Å². The van der Waals surface area contributed by atoms with Crippen molar-refractivity contribution in [3.8, 4) is 5.75 Å². The number of hydrogen-bond acceptors (Lipinski definition) is 3. The van der Waals surface area contributed by atoms with Crippen molar-refractivity contribution >= 4 is 0 Å². The van der Waals surface area contributed by atoms with Crippen LogP contribution >= 0.6 is 0 Å². The first-order chi connectivity index (χ1) is 7.08. The lowest BCUT2D eigenvalue weighted by Gasteiger charge is -2.26. The summed E-state index contributed by atoms with van der Waals surface area (Å²) in [7, 11) is 0. The summed E-state index contributed by atoms with van der Waals surface area (Å²) in [6.07, 6.45) is 4.16. The van der Waals surface area contributed by atoms with E-state index >= 15 is 0 Å². The summed E-state index contributed by atoms with van der Waals surface area (Å²) in [6, 6.07) is 3.53. The van der Waals surface area contributed by atoms with Crippen molar-refractivity contribution in [2.45, 2.75) is 38.8 Å². The molecule has 1 aliphatic rings. The summed E-state index contributed by atoms with van der Waals surface area (Å²) in [5.74, 6) is 1.04.